The zero-order chi connectivity index (χ0) is 13.7. The first-order valence-electron chi connectivity index (χ1n) is 5.81. The lowest BCUT2D eigenvalue weighted by Crippen LogP contribution is -2.38. The van der Waals surface area contributed by atoms with Gasteiger partial charge in [-0.1, -0.05) is 30.3 Å². The number of thiol groups is 1. The minimum absolute atomic E-state index is 0.121. The molecule has 0 fully saturated rings. The Morgan fingerprint density at radius 2 is 2.21 bits per heavy atom. The fraction of sp³-hybridized carbons (Fsp3) is 0.333. The summed E-state index contributed by atoms with van der Waals surface area (Å²) in [5.41, 5.74) is 3.78. The molecule has 0 bridgehead atoms. The Bertz CT molecular complexity index is 467. The number of carbonyl (C=O) groups is 1. The zero-order valence-corrected chi connectivity index (χ0v) is 11.9. The maximum Gasteiger partial charge on any atom is 0.313 e. The summed E-state index contributed by atoms with van der Waals surface area (Å²) in [5.74, 6) is 0.896. The van der Waals surface area contributed by atoms with E-state index in [1.165, 1.54) is 11.8 Å². The molecule has 1 aromatic rings. The van der Waals surface area contributed by atoms with E-state index in [9.17, 15) is 4.79 Å². The van der Waals surface area contributed by atoms with Crippen molar-refractivity contribution in [1.29, 1.82) is 0 Å². The van der Waals surface area contributed by atoms with E-state index in [0.717, 1.165) is 17.2 Å². The van der Waals surface area contributed by atoms with Crippen LogP contribution in [0.2, 0.25) is 0 Å². The molecule has 1 aromatic carbocycles. The third-order valence-electron chi connectivity index (χ3n) is 2.59. The van der Waals surface area contributed by atoms with Crippen LogP contribution in [0.15, 0.2) is 35.4 Å². The van der Waals surface area contributed by atoms with E-state index in [-0.39, 0.29) is 11.3 Å². The Morgan fingerprint density at radius 1 is 1.47 bits per heavy atom. The van der Waals surface area contributed by atoms with Crippen LogP contribution in [0.1, 0.15) is 5.56 Å². The van der Waals surface area contributed by atoms with Crippen molar-refractivity contribution in [2.75, 3.05) is 18.1 Å². The quantitative estimate of drug-likeness (QED) is 0.545. The number of hydrogen-bond acceptors (Lipinski definition) is 6. The number of carboxylic acids is 1. The summed E-state index contributed by atoms with van der Waals surface area (Å²) in [6.07, 6.45) is 0. The van der Waals surface area contributed by atoms with Gasteiger partial charge in [0.1, 0.15) is 0 Å². The van der Waals surface area contributed by atoms with Crippen molar-refractivity contribution in [3.05, 3.63) is 35.9 Å². The lowest BCUT2D eigenvalue weighted by Gasteiger charge is -2.23. The maximum atomic E-state index is 10.5. The number of thioether (sulfide) groups is 1. The number of carboxylic acid groups (broad SMARTS) is 1. The average Bonchev–Trinajstić information content (AvgIpc) is 2.77. The molecule has 0 radical (unpaired) electrons. The number of hydrogen-bond donors (Lipinski definition) is 3. The second kappa shape index (κ2) is 6.72. The first kappa shape index (κ1) is 14.1. The van der Waals surface area contributed by atoms with Crippen LogP contribution >= 0.6 is 24.4 Å². The van der Waals surface area contributed by atoms with Gasteiger partial charge in [0.25, 0.3) is 0 Å². The second-order valence-corrected chi connectivity index (χ2v) is 5.54. The molecule has 19 heavy (non-hydrogen) atoms. The predicted molar refractivity (Wildman–Crippen MR) is 80.6 cm³/mol. The Morgan fingerprint density at radius 3 is 2.89 bits per heavy atom. The molecule has 0 aliphatic carbocycles. The van der Waals surface area contributed by atoms with Crippen LogP contribution in [-0.4, -0.2) is 45.4 Å². The summed E-state index contributed by atoms with van der Waals surface area (Å²) < 4.78 is 0. The van der Waals surface area contributed by atoms with E-state index in [1.54, 1.807) is 0 Å². The molecular formula is C12H15N3O2S2. The third-order valence-corrected chi connectivity index (χ3v) is 3.90. The molecule has 0 saturated heterocycles. The van der Waals surface area contributed by atoms with Crippen LogP contribution in [0.4, 0.5) is 0 Å². The largest absolute Gasteiger partial charge is 0.481 e. The lowest BCUT2D eigenvalue weighted by atomic mass is 10.2. The van der Waals surface area contributed by atoms with E-state index >= 15 is 0 Å². The molecule has 0 aromatic heterocycles. The normalized spacial score (nSPS) is 18.1. The van der Waals surface area contributed by atoms with Crippen molar-refractivity contribution in [3.8, 4) is 0 Å². The lowest BCUT2D eigenvalue weighted by molar-refractivity contribution is -0.133. The summed E-state index contributed by atoms with van der Waals surface area (Å²) in [5, 5.41) is 12.9. The molecule has 0 saturated carbocycles. The molecule has 2 N–H and O–H groups in total. The third kappa shape index (κ3) is 3.81. The molecule has 7 heteroatoms. The molecule has 0 amide bonds. The molecular weight excluding hydrogens is 282 g/mol. The van der Waals surface area contributed by atoms with Crippen LogP contribution < -0.4 is 5.43 Å². The maximum absolute atomic E-state index is 10.5. The van der Waals surface area contributed by atoms with Gasteiger partial charge in [0.15, 0.2) is 11.3 Å². The van der Waals surface area contributed by atoms with Gasteiger partial charge in [-0.2, -0.15) is 5.10 Å². The van der Waals surface area contributed by atoms with Crippen LogP contribution in [0, 0.1) is 0 Å². The molecule has 5 nitrogen and oxygen atoms in total. The standard InChI is InChI=1S/C12H15N3O2S2/c16-10(17)8-19-7-6-15-11(13-14-12(15)18)9-4-2-1-3-5-9/h1-5,12,14,18H,6-8H2,(H,16,17). The van der Waals surface area contributed by atoms with E-state index in [4.69, 9.17) is 5.11 Å². The van der Waals surface area contributed by atoms with Crippen molar-refractivity contribution in [3.63, 3.8) is 0 Å². The van der Waals surface area contributed by atoms with Gasteiger partial charge in [-0.05, 0) is 0 Å². The summed E-state index contributed by atoms with van der Waals surface area (Å²) in [6.45, 7) is 0.701. The minimum Gasteiger partial charge on any atom is -0.481 e. The number of amidine groups is 1. The number of benzene rings is 1. The second-order valence-electron chi connectivity index (χ2n) is 3.94. The molecule has 0 spiro atoms. The van der Waals surface area contributed by atoms with E-state index in [2.05, 4.69) is 23.2 Å². The number of aliphatic carboxylic acids is 1. The SMILES string of the molecule is O=C(O)CSCCN1C(c2ccccc2)=NNC1S. The van der Waals surface area contributed by atoms with Crippen molar-refractivity contribution in [1.82, 2.24) is 10.3 Å². The monoisotopic (exact) mass is 297 g/mol. The van der Waals surface area contributed by atoms with Gasteiger partial charge in [0, 0.05) is 17.9 Å². The van der Waals surface area contributed by atoms with Gasteiger partial charge in [0.05, 0.1) is 5.75 Å². The topological polar surface area (TPSA) is 64.9 Å². The first-order chi connectivity index (χ1) is 9.18. The van der Waals surface area contributed by atoms with Gasteiger partial charge >= 0.3 is 5.97 Å². The molecule has 1 aliphatic rings. The van der Waals surface area contributed by atoms with Gasteiger partial charge < -0.3 is 10.0 Å². The van der Waals surface area contributed by atoms with Crippen LogP contribution in [-0.2, 0) is 4.79 Å². The predicted octanol–water partition coefficient (Wildman–Crippen LogP) is 1.28. The van der Waals surface area contributed by atoms with Crippen LogP contribution in [0.3, 0.4) is 0 Å². The smallest absolute Gasteiger partial charge is 0.313 e. The fourth-order valence-corrected chi connectivity index (χ4v) is 2.66. The molecule has 2 rings (SSSR count). The molecule has 1 unspecified atom stereocenters. The molecule has 1 heterocycles. The minimum atomic E-state index is -0.788. The Kier molecular flexibility index (Phi) is 4.98. The first-order valence-corrected chi connectivity index (χ1v) is 7.48. The number of nitrogens with one attached hydrogen (secondary N) is 1. The Hall–Kier alpha value is -1.34. The van der Waals surface area contributed by atoms with Crippen molar-refractivity contribution >= 4 is 36.2 Å². The number of rotatable bonds is 6. The summed E-state index contributed by atoms with van der Waals surface area (Å²) in [4.78, 5) is 12.5. The summed E-state index contributed by atoms with van der Waals surface area (Å²) in [7, 11) is 0. The van der Waals surface area contributed by atoms with Gasteiger partial charge in [-0.15, -0.1) is 24.4 Å². The highest BCUT2D eigenvalue weighted by atomic mass is 32.2. The van der Waals surface area contributed by atoms with Crippen molar-refractivity contribution < 1.29 is 9.90 Å². The Labute approximate surface area is 121 Å². The summed E-state index contributed by atoms with van der Waals surface area (Å²) in [6, 6.07) is 9.85. The Balaban J connectivity index is 1.94. The fourth-order valence-electron chi connectivity index (χ4n) is 1.74. The van der Waals surface area contributed by atoms with Crippen LogP contribution in [0.25, 0.3) is 0 Å². The van der Waals surface area contributed by atoms with Gasteiger partial charge in [0.2, 0.25) is 0 Å². The highest BCUT2D eigenvalue weighted by Crippen LogP contribution is 2.16. The van der Waals surface area contributed by atoms with E-state index in [0.29, 0.717) is 6.54 Å². The van der Waals surface area contributed by atoms with Crippen molar-refractivity contribution in [2.45, 2.75) is 5.50 Å². The zero-order valence-electron chi connectivity index (χ0n) is 10.2. The number of hydrazone groups is 1. The van der Waals surface area contributed by atoms with Gasteiger partial charge in [-0.25, -0.2) is 0 Å². The molecule has 102 valence electrons. The number of nitrogens with zero attached hydrogens (tertiary/aromatic N) is 2. The van der Waals surface area contributed by atoms with Gasteiger partial charge in [-0.3, -0.25) is 10.2 Å². The van der Waals surface area contributed by atoms with E-state index in [1.807, 2.05) is 35.2 Å². The molecule has 1 aliphatic heterocycles. The van der Waals surface area contributed by atoms with E-state index < -0.39 is 5.97 Å². The molecule has 1 atom stereocenters. The average molecular weight is 297 g/mol. The summed E-state index contributed by atoms with van der Waals surface area (Å²) >= 11 is 5.80. The highest BCUT2D eigenvalue weighted by Gasteiger charge is 2.25. The van der Waals surface area contributed by atoms with Crippen LogP contribution in [0.5, 0.6) is 0 Å². The van der Waals surface area contributed by atoms with Crippen molar-refractivity contribution in [2.24, 2.45) is 5.10 Å². The highest BCUT2D eigenvalue weighted by molar-refractivity contribution is 7.99.